The molecule has 1 aromatic carbocycles. The van der Waals surface area contributed by atoms with Gasteiger partial charge in [-0.2, -0.15) is 0 Å². The zero-order valence-electron chi connectivity index (χ0n) is 13.6. The lowest BCUT2D eigenvalue weighted by atomic mass is 9.92. The van der Waals surface area contributed by atoms with Gasteiger partial charge in [-0.25, -0.2) is 0 Å². The van der Waals surface area contributed by atoms with Crippen LogP contribution in [0.15, 0.2) is 55.4 Å². The molecule has 3 heteroatoms. The van der Waals surface area contributed by atoms with Gasteiger partial charge >= 0.3 is 0 Å². The van der Waals surface area contributed by atoms with Gasteiger partial charge in [-0.3, -0.25) is 4.98 Å². The van der Waals surface area contributed by atoms with Crippen LogP contribution in [0.25, 0.3) is 0 Å². The number of hydrogen-bond donors (Lipinski definition) is 0. The predicted octanol–water partition coefficient (Wildman–Crippen LogP) is 4.73. The fraction of sp³-hybridized carbons (Fsp3) is 0.350. The molecule has 0 saturated heterocycles. The second kappa shape index (κ2) is 7.32. The number of pyridine rings is 1. The number of rotatable bonds is 6. The zero-order chi connectivity index (χ0) is 16.1. The van der Waals surface area contributed by atoms with E-state index in [9.17, 15) is 0 Å². The number of nitrogens with zero attached hydrogens (tertiary/aromatic N) is 1. The van der Waals surface area contributed by atoms with Crippen LogP contribution < -0.4 is 9.47 Å². The topological polar surface area (TPSA) is 31.4 Å². The summed E-state index contributed by atoms with van der Waals surface area (Å²) in [5, 5.41) is 0. The number of aromatic nitrogens is 1. The third kappa shape index (κ3) is 3.55. The Kier molecular flexibility index (Phi) is 4.96. The molecule has 1 heterocycles. The van der Waals surface area contributed by atoms with Crippen molar-refractivity contribution in [2.45, 2.75) is 37.7 Å². The third-order valence-corrected chi connectivity index (χ3v) is 4.44. The van der Waals surface area contributed by atoms with Crippen molar-refractivity contribution in [1.29, 1.82) is 0 Å². The second-order valence-electron chi connectivity index (χ2n) is 5.93. The predicted molar refractivity (Wildman–Crippen MR) is 92.2 cm³/mol. The van der Waals surface area contributed by atoms with E-state index in [1.807, 2.05) is 36.7 Å². The summed E-state index contributed by atoms with van der Waals surface area (Å²) >= 11 is 0. The lowest BCUT2D eigenvalue weighted by Crippen LogP contribution is -2.12. The lowest BCUT2D eigenvalue weighted by Gasteiger charge is -2.19. The van der Waals surface area contributed by atoms with Gasteiger partial charge in [0.15, 0.2) is 11.5 Å². The first-order valence-corrected chi connectivity index (χ1v) is 8.19. The van der Waals surface area contributed by atoms with E-state index in [-0.39, 0.29) is 5.92 Å². The molecule has 1 saturated carbocycles. The fourth-order valence-corrected chi connectivity index (χ4v) is 3.20. The summed E-state index contributed by atoms with van der Waals surface area (Å²) < 4.78 is 11.7. The molecule has 0 radical (unpaired) electrons. The molecule has 2 aromatic rings. The Morgan fingerprint density at radius 1 is 1.09 bits per heavy atom. The number of allylic oxidation sites excluding steroid dienone is 1. The van der Waals surface area contributed by atoms with Crippen molar-refractivity contribution < 1.29 is 9.47 Å². The number of hydrogen-bond acceptors (Lipinski definition) is 3. The highest BCUT2D eigenvalue weighted by molar-refractivity contribution is 5.47. The molecule has 0 aliphatic heterocycles. The molecule has 1 fully saturated rings. The molecule has 120 valence electrons. The SMILES string of the molecule is C=CC(c1ccncc1)c1ccc(OC)c(OC2CCCC2)c1. The summed E-state index contributed by atoms with van der Waals surface area (Å²) in [6.45, 7) is 4.00. The molecule has 3 rings (SSSR count). The van der Waals surface area contributed by atoms with Crippen LogP contribution in [0.4, 0.5) is 0 Å². The first-order chi connectivity index (χ1) is 11.3. The molecular formula is C20H23NO2. The fourth-order valence-electron chi connectivity index (χ4n) is 3.20. The maximum Gasteiger partial charge on any atom is 0.161 e. The van der Waals surface area contributed by atoms with Gasteiger partial charge in [-0.15, -0.1) is 6.58 Å². The van der Waals surface area contributed by atoms with E-state index >= 15 is 0 Å². The van der Waals surface area contributed by atoms with Crippen molar-refractivity contribution in [3.63, 3.8) is 0 Å². The summed E-state index contributed by atoms with van der Waals surface area (Å²) in [5.41, 5.74) is 2.33. The standard InChI is InChI=1S/C20H23NO2/c1-3-18(15-10-12-21-13-11-15)16-8-9-19(22-2)20(14-16)23-17-6-4-5-7-17/h3,8-14,17-18H,1,4-7H2,2H3. The molecule has 0 amide bonds. The van der Waals surface area contributed by atoms with Crippen molar-refractivity contribution in [2.75, 3.05) is 7.11 Å². The Hall–Kier alpha value is -2.29. The number of ether oxygens (including phenoxy) is 2. The van der Waals surface area contributed by atoms with Crippen LogP contribution in [-0.2, 0) is 0 Å². The third-order valence-electron chi connectivity index (χ3n) is 4.44. The molecule has 0 bridgehead atoms. The number of benzene rings is 1. The highest BCUT2D eigenvalue weighted by Crippen LogP contribution is 2.36. The van der Waals surface area contributed by atoms with Crippen LogP contribution in [0.3, 0.4) is 0 Å². The zero-order valence-corrected chi connectivity index (χ0v) is 13.6. The number of methoxy groups -OCH3 is 1. The molecule has 1 aromatic heterocycles. The quantitative estimate of drug-likeness (QED) is 0.723. The van der Waals surface area contributed by atoms with Crippen LogP contribution in [0, 0.1) is 0 Å². The van der Waals surface area contributed by atoms with Crippen molar-refractivity contribution in [1.82, 2.24) is 4.98 Å². The average Bonchev–Trinajstić information content (AvgIpc) is 3.10. The Morgan fingerprint density at radius 3 is 2.48 bits per heavy atom. The van der Waals surface area contributed by atoms with Gasteiger partial charge in [0, 0.05) is 18.3 Å². The Labute approximate surface area is 138 Å². The summed E-state index contributed by atoms with van der Waals surface area (Å²) in [5.74, 6) is 1.74. The van der Waals surface area contributed by atoms with E-state index < -0.39 is 0 Å². The maximum absolute atomic E-state index is 6.20. The minimum Gasteiger partial charge on any atom is -0.493 e. The van der Waals surface area contributed by atoms with Gasteiger partial charge < -0.3 is 9.47 Å². The summed E-state index contributed by atoms with van der Waals surface area (Å²) in [4.78, 5) is 4.09. The molecule has 1 aliphatic rings. The first kappa shape index (κ1) is 15.6. The van der Waals surface area contributed by atoms with Crippen LogP contribution >= 0.6 is 0 Å². The van der Waals surface area contributed by atoms with E-state index in [0.29, 0.717) is 6.10 Å². The first-order valence-electron chi connectivity index (χ1n) is 8.19. The van der Waals surface area contributed by atoms with Crippen molar-refractivity contribution in [3.05, 3.63) is 66.5 Å². The van der Waals surface area contributed by atoms with E-state index in [2.05, 4.69) is 23.7 Å². The summed E-state index contributed by atoms with van der Waals surface area (Å²) in [7, 11) is 1.68. The molecule has 0 spiro atoms. The van der Waals surface area contributed by atoms with Crippen LogP contribution in [0.1, 0.15) is 42.7 Å². The van der Waals surface area contributed by atoms with Crippen LogP contribution in [-0.4, -0.2) is 18.2 Å². The van der Waals surface area contributed by atoms with Gasteiger partial charge in [0.05, 0.1) is 13.2 Å². The van der Waals surface area contributed by atoms with Gasteiger partial charge in [-0.1, -0.05) is 12.1 Å². The highest BCUT2D eigenvalue weighted by atomic mass is 16.5. The largest absolute Gasteiger partial charge is 0.493 e. The normalized spacial score (nSPS) is 16.0. The Morgan fingerprint density at radius 2 is 1.83 bits per heavy atom. The molecular weight excluding hydrogens is 286 g/mol. The van der Waals surface area contributed by atoms with E-state index in [1.54, 1.807) is 7.11 Å². The Balaban J connectivity index is 1.91. The van der Waals surface area contributed by atoms with E-state index in [0.717, 1.165) is 29.9 Å². The molecule has 1 atom stereocenters. The molecule has 1 unspecified atom stereocenters. The Bertz CT molecular complexity index is 648. The van der Waals surface area contributed by atoms with Gasteiger partial charge in [0.2, 0.25) is 0 Å². The lowest BCUT2D eigenvalue weighted by molar-refractivity contribution is 0.200. The van der Waals surface area contributed by atoms with Crippen LogP contribution in [0.2, 0.25) is 0 Å². The average molecular weight is 309 g/mol. The molecule has 0 N–H and O–H groups in total. The monoisotopic (exact) mass is 309 g/mol. The summed E-state index contributed by atoms with van der Waals surface area (Å²) in [6, 6.07) is 10.2. The van der Waals surface area contributed by atoms with E-state index in [1.165, 1.54) is 18.4 Å². The second-order valence-corrected chi connectivity index (χ2v) is 5.93. The van der Waals surface area contributed by atoms with Gasteiger partial charge in [0.1, 0.15) is 0 Å². The van der Waals surface area contributed by atoms with Gasteiger partial charge in [-0.05, 0) is 61.1 Å². The van der Waals surface area contributed by atoms with Crippen molar-refractivity contribution in [2.24, 2.45) is 0 Å². The van der Waals surface area contributed by atoms with Crippen molar-refractivity contribution in [3.8, 4) is 11.5 Å². The van der Waals surface area contributed by atoms with Crippen molar-refractivity contribution >= 4 is 0 Å². The van der Waals surface area contributed by atoms with E-state index in [4.69, 9.17) is 9.47 Å². The van der Waals surface area contributed by atoms with Crippen LogP contribution in [0.5, 0.6) is 11.5 Å². The summed E-state index contributed by atoms with van der Waals surface area (Å²) in [6.07, 6.45) is 10.6. The smallest absolute Gasteiger partial charge is 0.161 e. The minimum atomic E-state index is 0.120. The minimum absolute atomic E-state index is 0.120. The molecule has 23 heavy (non-hydrogen) atoms. The molecule has 1 aliphatic carbocycles. The highest BCUT2D eigenvalue weighted by Gasteiger charge is 2.20. The van der Waals surface area contributed by atoms with Gasteiger partial charge in [0.25, 0.3) is 0 Å². The molecule has 3 nitrogen and oxygen atoms in total. The maximum atomic E-state index is 6.20.